The summed E-state index contributed by atoms with van der Waals surface area (Å²) in [6, 6.07) is 74.6. The standard InChI is InChI=1S/C57H35N5O/c1-4-15-36(16-5-1)39-27-30-50-46(32-39)43-23-10-12-25-49(43)61(50)42-28-29-44-47-35-54-48(45-24-11-13-26-53(45)63-54)34-52(47)62(51(44)33-42)41-22-14-21-40(31-41)57-59-55(37-17-6-2-7-18-37)58-56(60-57)38-19-8-3-9-20-38/h1-35H. The van der Waals surface area contributed by atoms with E-state index in [0.29, 0.717) is 17.5 Å². The lowest BCUT2D eigenvalue weighted by atomic mass is 10.0. The Morgan fingerprint density at radius 3 is 1.56 bits per heavy atom. The number of benzene rings is 9. The molecule has 294 valence electrons. The van der Waals surface area contributed by atoms with Crippen molar-refractivity contribution in [1.29, 1.82) is 0 Å². The smallest absolute Gasteiger partial charge is 0.164 e. The summed E-state index contributed by atoms with van der Waals surface area (Å²) in [5.74, 6) is 1.86. The van der Waals surface area contributed by atoms with Crippen LogP contribution in [-0.2, 0) is 0 Å². The summed E-state index contributed by atoms with van der Waals surface area (Å²) in [4.78, 5) is 15.2. The van der Waals surface area contributed by atoms with Gasteiger partial charge < -0.3 is 13.6 Å². The molecule has 0 aliphatic rings. The maximum atomic E-state index is 6.48. The van der Waals surface area contributed by atoms with Crippen molar-refractivity contribution in [2.24, 2.45) is 0 Å². The predicted octanol–water partition coefficient (Wildman–Crippen LogP) is 14.6. The first-order chi connectivity index (χ1) is 31.2. The van der Waals surface area contributed by atoms with Crippen molar-refractivity contribution in [2.75, 3.05) is 0 Å². The summed E-state index contributed by atoms with van der Waals surface area (Å²) < 4.78 is 11.3. The van der Waals surface area contributed by atoms with Gasteiger partial charge in [0.25, 0.3) is 0 Å². The monoisotopic (exact) mass is 805 g/mol. The van der Waals surface area contributed by atoms with Gasteiger partial charge in [-0.1, -0.05) is 152 Å². The van der Waals surface area contributed by atoms with Crippen LogP contribution in [0.4, 0.5) is 0 Å². The number of nitrogens with zero attached hydrogens (tertiary/aromatic N) is 5. The van der Waals surface area contributed by atoms with Gasteiger partial charge in [-0.15, -0.1) is 0 Å². The van der Waals surface area contributed by atoms with Crippen molar-refractivity contribution in [3.63, 3.8) is 0 Å². The Morgan fingerprint density at radius 2 is 0.810 bits per heavy atom. The van der Waals surface area contributed by atoms with Crippen LogP contribution in [0, 0.1) is 0 Å². The molecular weight excluding hydrogens is 771 g/mol. The van der Waals surface area contributed by atoms with Crippen LogP contribution in [0.5, 0.6) is 0 Å². The van der Waals surface area contributed by atoms with Crippen LogP contribution in [0.25, 0.3) is 122 Å². The fourth-order valence-corrected chi connectivity index (χ4v) is 9.42. The molecule has 6 nitrogen and oxygen atoms in total. The number of hydrogen-bond donors (Lipinski definition) is 0. The molecule has 0 amide bonds. The van der Waals surface area contributed by atoms with Crippen LogP contribution in [0.1, 0.15) is 0 Å². The lowest BCUT2D eigenvalue weighted by Gasteiger charge is -2.13. The molecule has 13 aromatic rings. The second-order valence-electron chi connectivity index (χ2n) is 16.0. The largest absolute Gasteiger partial charge is 0.456 e. The molecule has 0 saturated carbocycles. The Hall–Kier alpha value is -8.61. The van der Waals surface area contributed by atoms with E-state index in [1.54, 1.807) is 0 Å². The quantitative estimate of drug-likeness (QED) is 0.168. The van der Waals surface area contributed by atoms with Crippen LogP contribution in [0.15, 0.2) is 217 Å². The molecule has 0 bridgehead atoms. The fourth-order valence-electron chi connectivity index (χ4n) is 9.42. The summed E-state index contributed by atoms with van der Waals surface area (Å²) in [5, 5.41) is 6.84. The van der Waals surface area contributed by atoms with E-state index in [4.69, 9.17) is 19.4 Å². The van der Waals surface area contributed by atoms with Crippen molar-refractivity contribution in [3.05, 3.63) is 212 Å². The van der Waals surface area contributed by atoms with Gasteiger partial charge in [0.15, 0.2) is 17.5 Å². The van der Waals surface area contributed by atoms with Gasteiger partial charge in [0.1, 0.15) is 11.2 Å². The summed E-state index contributed by atoms with van der Waals surface area (Å²) in [7, 11) is 0. The fraction of sp³-hybridized carbons (Fsp3) is 0. The summed E-state index contributed by atoms with van der Waals surface area (Å²) in [5.41, 5.74) is 13.4. The highest BCUT2D eigenvalue weighted by Gasteiger charge is 2.20. The molecule has 9 aromatic carbocycles. The molecule has 0 atom stereocenters. The number of aromatic nitrogens is 5. The molecule has 0 saturated heterocycles. The zero-order valence-electron chi connectivity index (χ0n) is 33.9. The van der Waals surface area contributed by atoms with Crippen molar-refractivity contribution in [2.45, 2.75) is 0 Å². The second-order valence-corrected chi connectivity index (χ2v) is 16.0. The maximum Gasteiger partial charge on any atom is 0.164 e. The summed E-state index contributed by atoms with van der Waals surface area (Å²) in [6.45, 7) is 0. The molecule has 0 unspecified atom stereocenters. The lowest BCUT2D eigenvalue weighted by Crippen LogP contribution is -2.01. The zero-order valence-corrected chi connectivity index (χ0v) is 33.9. The molecule has 0 radical (unpaired) electrons. The first-order valence-corrected chi connectivity index (χ1v) is 21.2. The Labute approximate surface area is 361 Å². The number of para-hydroxylation sites is 2. The van der Waals surface area contributed by atoms with Crippen molar-refractivity contribution < 1.29 is 4.42 Å². The molecule has 0 aliphatic heterocycles. The molecule has 4 heterocycles. The SMILES string of the molecule is c1ccc(-c2ccc3c(c2)c2ccccc2n3-c2ccc3c4cc5oc6ccccc6c5cc4n(-c4cccc(-c5nc(-c6ccccc6)nc(-c6ccccc6)n5)c4)c3c2)cc1. The topological polar surface area (TPSA) is 61.7 Å². The Morgan fingerprint density at radius 1 is 0.270 bits per heavy atom. The highest BCUT2D eigenvalue weighted by atomic mass is 16.3. The summed E-state index contributed by atoms with van der Waals surface area (Å²) in [6.07, 6.45) is 0. The van der Waals surface area contributed by atoms with Crippen molar-refractivity contribution in [1.82, 2.24) is 24.1 Å². The maximum absolute atomic E-state index is 6.48. The minimum atomic E-state index is 0.606. The number of rotatable bonds is 6. The molecule has 63 heavy (non-hydrogen) atoms. The van der Waals surface area contributed by atoms with Gasteiger partial charge in [0.2, 0.25) is 0 Å². The van der Waals surface area contributed by atoms with Gasteiger partial charge in [-0.3, -0.25) is 0 Å². The van der Waals surface area contributed by atoms with E-state index in [9.17, 15) is 0 Å². The van der Waals surface area contributed by atoms with Gasteiger partial charge in [0, 0.05) is 60.4 Å². The number of fused-ring (bicyclic) bond motifs is 9. The van der Waals surface area contributed by atoms with Crippen LogP contribution in [0.2, 0.25) is 0 Å². The third-order valence-electron chi connectivity index (χ3n) is 12.3. The Balaban J connectivity index is 1.05. The van der Waals surface area contributed by atoms with E-state index in [2.05, 4.69) is 149 Å². The predicted molar refractivity (Wildman–Crippen MR) is 258 cm³/mol. The molecule has 0 aliphatic carbocycles. The highest BCUT2D eigenvalue weighted by molar-refractivity contribution is 6.18. The lowest BCUT2D eigenvalue weighted by molar-refractivity contribution is 0.669. The van der Waals surface area contributed by atoms with Crippen LogP contribution >= 0.6 is 0 Å². The van der Waals surface area contributed by atoms with E-state index in [1.165, 1.54) is 21.9 Å². The van der Waals surface area contributed by atoms with Gasteiger partial charge in [-0.25, -0.2) is 15.0 Å². The first-order valence-electron chi connectivity index (χ1n) is 21.2. The normalized spacial score (nSPS) is 11.8. The van der Waals surface area contributed by atoms with Crippen molar-refractivity contribution in [3.8, 4) is 56.7 Å². The van der Waals surface area contributed by atoms with Crippen LogP contribution in [0.3, 0.4) is 0 Å². The minimum absolute atomic E-state index is 0.606. The zero-order chi connectivity index (χ0) is 41.4. The van der Waals surface area contributed by atoms with Crippen molar-refractivity contribution >= 4 is 65.6 Å². The molecule has 0 fully saturated rings. The van der Waals surface area contributed by atoms with E-state index in [1.807, 2.05) is 72.8 Å². The Kier molecular flexibility index (Phi) is 7.80. The molecule has 6 heteroatoms. The molecule has 0 spiro atoms. The van der Waals surface area contributed by atoms with Gasteiger partial charge >= 0.3 is 0 Å². The average Bonchev–Trinajstić information content (AvgIpc) is 4.00. The van der Waals surface area contributed by atoms with E-state index in [-0.39, 0.29) is 0 Å². The Bertz CT molecular complexity index is 3850. The van der Waals surface area contributed by atoms with Crippen LogP contribution < -0.4 is 0 Å². The van der Waals surface area contributed by atoms with Gasteiger partial charge in [-0.2, -0.15) is 0 Å². The van der Waals surface area contributed by atoms with E-state index >= 15 is 0 Å². The van der Waals surface area contributed by atoms with Gasteiger partial charge in [-0.05, 0) is 71.8 Å². The van der Waals surface area contributed by atoms with Gasteiger partial charge in [0.05, 0.1) is 22.1 Å². The molecular formula is C57H35N5O. The number of hydrogen-bond acceptors (Lipinski definition) is 4. The number of furan rings is 1. The minimum Gasteiger partial charge on any atom is -0.456 e. The van der Waals surface area contributed by atoms with E-state index in [0.717, 1.165) is 82.8 Å². The van der Waals surface area contributed by atoms with E-state index < -0.39 is 0 Å². The third kappa shape index (κ3) is 5.69. The first kappa shape index (κ1) is 35.2. The average molecular weight is 806 g/mol. The van der Waals surface area contributed by atoms with Crippen LogP contribution in [-0.4, -0.2) is 24.1 Å². The second kappa shape index (κ2) is 14.0. The third-order valence-corrected chi connectivity index (χ3v) is 12.3. The molecule has 13 rings (SSSR count). The molecule has 4 aromatic heterocycles. The highest BCUT2D eigenvalue weighted by Crippen LogP contribution is 2.41. The summed E-state index contributed by atoms with van der Waals surface area (Å²) >= 11 is 0. The molecule has 0 N–H and O–H groups in total.